The number of ketones is 1. The molecule has 1 aliphatic heterocycles. The van der Waals surface area contributed by atoms with Crippen LogP contribution >= 0.6 is 24.0 Å². The van der Waals surface area contributed by atoms with Gasteiger partial charge >= 0.3 is 5.97 Å². The lowest BCUT2D eigenvalue weighted by atomic mass is 10.1. The number of hydrogen-bond acceptors (Lipinski definition) is 5. The Balaban J connectivity index is 1.86. The Labute approximate surface area is 159 Å². The molecule has 1 saturated heterocycles. The second-order valence-corrected chi connectivity index (χ2v) is 7.22. The number of nitrogens with zero attached hydrogens (tertiary/aromatic N) is 1. The van der Waals surface area contributed by atoms with Gasteiger partial charge in [0, 0.05) is 5.56 Å². The monoisotopic (exact) mass is 383 g/mol. The van der Waals surface area contributed by atoms with Crippen LogP contribution in [0.3, 0.4) is 0 Å². The van der Waals surface area contributed by atoms with Gasteiger partial charge in [-0.2, -0.15) is 0 Å². The molecule has 1 aliphatic rings. The Bertz CT molecular complexity index is 947. The molecular weight excluding hydrogens is 370 g/mol. The van der Waals surface area contributed by atoms with Gasteiger partial charge in [-0.25, -0.2) is 4.79 Å². The van der Waals surface area contributed by atoms with E-state index < -0.39 is 5.97 Å². The van der Waals surface area contributed by atoms with Crippen molar-refractivity contribution < 1.29 is 19.5 Å². The standard InChI is InChI=1S/C19H13NO4S2/c1-11(21)13-6-8-15(9-7-13)20-17(22)16(26-19(20)25)10-12-2-4-14(5-3-12)18(23)24/h2-10H,1H3,(H,23,24). The summed E-state index contributed by atoms with van der Waals surface area (Å²) in [7, 11) is 0. The molecule has 1 N–H and O–H groups in total. The molecule has 1 heterocycles. The van der Waals surface area contributed by atoms with E-state index in [1.807, 2.05) is 0 Å². The average molecular weight is 383 g/mol. The fraction of sp³-hybridized carbons (Fsp3) is 0.0526. The molecule has 3 rings (SSSR count). The van der Waals surface area contributed by atoms with E-state index in [1.165, 1.54) is 35.7 Å². The highest BCUT2D eigenvalue weighted by molar-refractivity contribution is 8.27. The molecule has 26 heavy (non-hydrogen) atoms. The number of carboxylic acid groups (broad SMARTS) is 1. The van der Waals surface area contributed by atoms with E-state index in [-0.39, 0.29) is 17.3 Å². The molecule has 0 atom stereocenters. The van der Waals surface area contributed by atoms with Crippen LogP contribution in [0.15, 0.2) is 53.4 Å². The van der Waals surface area contributed by atoms with E-state index in [2.05, 4.69) is 0 Å². The molecule has 7 heteroatoms. The molecule has 0 aromatic heterocycles. The number of thiocarbonyl (C=S) groups is 1. The van der Waals surface area contributed by atoms with E-state index in [0.29, 0.717) is 26.0 Å². The first-order chi connectivity index (χ1) is 12.4. The van der Waals surface area contributed by atoms with Gasteiger partial charge in [-0.15, -0.1) is 0 Å². The van der Waals surface area contributed by atoms with E-state index in [9.17, 15) is 14.4 Å². The van der Waals surface area contributed by atoms with Gasteiger partial charge in [0.1, 0.15) is 0 Å². The van der Waals surface area contributed by atoms with Gasteiger partial charge in [0.25, 0.3) is 5.91 Å². The quantitative estimate of drug-likeness (QED) is 0.489. The van der Waals surface area contributed by atoms with Crippen LogP contribution in [0.1, 0.15) is 33.2 Å². The Morgan fingerprint density at radius 3 is 2.15 bits per heavy atom. The fourth-order valence-electron chi connectivity index (χ4n) is 2.41. The predicted octanol–water partition coefficient (Wildman–Crippen LogP) is 3.99. The highest BCUT2D eigenvalue weighted by atomic mass is 32.2. The van der Waals surface area contributed by atoms with Crippen molar-refractivity contribution in [1.82, 2.24) is 0 Å². The average Bonchev–Trinajstić information content (AvgIpc) is 2.89. The molecule has 0 spiro atoms. The van der Waals surface area contributed by atoms with Crippen LogP contribution in [0, 0.1) is 0 Å². The molecule has 0 bridgehead atoms. The van der Waals surface area contributed by atoms with Crippen molar-refractivity contribution >= 4 is 57.7 Å². The summed E-state index contributed by atoms with van der Waals surface area (Å²) in [6.45, 7) is 1.48. The van der Waals surface area contributed by atoms with Crippen molar-refractivity contribution in [2.45, 2.75) is 6.92 Å². The predicted molar refractivity (Wildman–Crippen MR) is 105 cm³/mol. The summed E-state index contributed by atoms with van der Waals surface area (Å²) in [5.74, 6) is -1.30. The topological polar surface area (TPSA) is 74.7 Å². The number of carbonyl (C=O) groups is 3. The van der Waals surface area contributed by atoms with Gasteiger partial charge in [-0.05, 0) is 55.0 Å². The van der Waals surface area contributed by atoms with Gasteiger partial charge in [0.15, 0.2) is 10.1 Å². The minimum Gasteiger partial charge on any atom is -0.478 e. The smallest absolute Gasteiger partial charge is 0.335 e. The number of amides is 1. The number of carboxylic acids is 1. The lowest BCUT2D eigenvalue weighted by Crippen LogP contribution is -2.27. The summed E-state index contributed by atoms with van der Waals surface area (Å²) >= 11 is 6.49. The molecule has 0 unspecified atom stereocenters. The minimum absolute atomic E-state index is 0.0494. The zero-order chi connectivity index (χ0) is 18.8. The summed E-state index contributed by atoms with van der Waals surface area (Å²) in [4.78, 5) is 36.8. The number of hydrogen-bond donors (Lipinski definition) is 1. The number of anilines is 1. The number of thioether (sulfide) groups is 1. The van der Waals surface area contributed by atoms with Crippen molar-refractivity contribution in [2.75, 3.05) is 4.90 Å². The number of benzene rings is 2. The van der Waals surface area contributed by atoms with Crippen LogP contribution in [-0.2, 0) is 4.79 Å². The maximum atomic E-state index is 12.7. The second-order valence-electron chi connectivity index (χ2n) is 5.55. The molecule has 1 amide bonds. The van der Waals surface area contributed by atoms with Gasteiger partial charge in [-0.3, -0.25) is 14.5 Å². The highest BCUT2D eigenvalue weighted by Crippen LogP contribution is 2.36. The van der Waals surface area contributed by atoms with Crippen LogP contribution in [0.2, 0.25) is 0 Å². The Kier molecular flexibility index (Phi) is 5.01. The van der Waals surface area contributed by atoms with E-state index in [0.717, 1.165) is 0 Å². The molecule has 0 radical (unpaired) electrons. The first-order valence-corrected chi connectivity index (χ1v) is 8.81. The van der Waals surface area contributed by atoms with E-state index in [4.69, 9.17) is 17.3 Å². The third-order valence-corrected chi connectivity index (χ3v) is 5.08. The molecule has 0 aliphatic carbocycles. The van der Waals surface area contributed by atoms with Gasteiger partial charge < -0.3 is 5.11 Å². The summed E-state index contributed by atoms with van der Waals surface area (Å²) < 4.78 is 0.402. The molecular formula is C19H13NO4S2. The van der Waals surface area contributed by atoms with Crippen molar-refractivity contribution in [3.05, 3.63) is 70.1 Å². The SMILES string of the molecule is CC(=O)c1ccc(N2C(=O)C(=Cc3ccc(C(=O)O)cc3)SC2=S)cc1. The molecule has 2 aromatic carbocycles. The van der Waals surface area contributed by atoms with Crippen molar-refractivity contribution in [3.8, 4) is 0 Å². The van der Waals surface area contributed by atoms with Crippen LogP contribution in [0.25, 0.3) is 6.08 Å². The number of carbonyl (C=O) groups excluding carboxylic acids is 2. The van der Waals surface area contributed by atoms with E-state index in [1.54, 1.807) is 42.5 Å². The minimum atomic E-state index is -1.00. The summed E-state index contributed by atoms with van der Waals surface area (Å²) in [6, 6.07) is 12.9. The Hall–Kier alpha value is -2.77. The first-order valence-electron chi connectivity index (χ1n) is 7.59. The van der Waals surface area contributed by atoms with Crippen LogP contribution in [-0.4, -0.2) is 27.1 Å². The maximum absolute atomic E-state index is 12.7. The van der Waals surface area contributed by atoms with Gasteiger partial charge in [-0.1, -0.05) is 36.1 Å². The van der Waals surface area contributed by atoms with Crippen molar-refractivity contribution in [1.29, 1.82) is 0 Å². The highest BCUT2D eigenvalue weighted by Gasteiger charge is 2.33. The van der Waals surface area contributed by atoms with Crippen LogP contribution in [0.4, 0.5) is 5.69 Å². The van der Waals surface area contributed by atoms with Crippen LogP contribution in [0.5, 0.6) is 0 Å². The summed E-state index contributed by atoms with van der Waals surface area (Å²) in [5, 5.41) is 8.93. The maximum Gasteiger partial charge on any atom is 0.335 e. The molecule has 5 nitrogen and oxygen atoms in total. The number of aromatic carboxylic acids is 1. The largest absolute Gasteiger partial charge is 0.478 e. The fourth-order valence-corrected chi connectivity index (χ4v) is 3.71. The lowest BCUT2D eigenvalue weighted by Gasteiger charge is -2.14. The number of Topliss-reactive ketones (excluding diaryl/α,β-unsaturated/α-hetero) is 1. The summed E-state index contributed by atoms with van der Waals surface area (Å²) in [6.07, 6.45) is 1.68. The first kappa shape index (κ1) is 18.0. The third kappa shape index (κ3) is 3.58. The summed E-state index contributed by atoms with van der Waals surface area (Å²) in [5.41, 5.74) is 2.05. The zero-order valence-corrected chi connectivity index (χ0v) is 15.3. The molecule has 2 aromatic rings. The van der Waals surface area contributed by atoms with Gasteiger partial charge in [0.05, 0.1) is 16.2 Å². The normalized spacial score (nSPS) is 15.6. The van der Waals surface area contributed by atoms with Crippen molar-refractivity contribution in [3.63, 3.8) is 0 Å². The third-order valence-electron chi connectivity index (χ3n) is 3.78. The second kappa shape index (κ2) is 7.23. The van der Waals surface area contributed by atoms with Gasteiger partial charge in [0.2, 0.25) is 0 Å². The Morgan fingerprint density at radius 2 is 1.62 bits per heavy atom. The Morgan fingerprint density at radius 1 is 1.04 bits per heavy atom. The number of rotatable bonds is 4. The lowest BCUT2D eigenvalue weighted by molar-refractivity contribution is -0.113. The molecule has 130 valence electrons. The van der Waals surface area contributed by atoms with Crippen molar-refractivity contribution in [2.24, 2.45) is 0 Å². The zero-order valence-electron chi connectivity index (χ0n) is 13.6. The van der Waals surface area contributed by atoms with E-state index >= 15 is 0 Å². The molecule has 0 saturated carbocycles. The molecule has 1 fully saturated rings. The van der Waals surface area contributed by atoms with Crippen LogP contribution < -0.4 is 4.90 Å².